The molecule has 0 fully saturated rings. The molecule has 1 atom stereocenters. The maximum atomic E-state index is 5.73. The van der Waals surface area contributed by atoms with Crippen molar-refractivity contribution in [1.29, 1.82) is 0 Å². The highest BCUT2D eigenvalue weighted by Gasteiger charge is 2.14. The number of anilines is 1. The molecule has 0 radical (unpaired) electrons. The molecular formula is C8H11N7. The first-order valence-electron chi connectivity index (χ1n) is 4.44. The molecule has 15 heavy (non-hydrogen) atoms. The van der Waals surface area contributed by atoms with Gasteiger partial charge in [0.2, 0.25) is 5.95 Å². The second-order valence-corrected chi connectivity index (χ2v) is 3.08. The average Bonchev–Trinajstić information content (AvgIpc) is 2.62. The van der Waals surface area contributed by atoms with Crippen LogP contribution in [0.2, 0.25) is 0 Å². The summed E-state index contributed by atoms with van der Waals surface area (Å²) in [6, 6.07) is 1.44. The molecule has 0 saturated heterocycles. The highest BCUT2D eigenvalue weighted by Crippen LogP contribution is 2.11. The lowest BCUT2D eigenvalue weighted by Gasteiger charge is -2.05. The Labute approximate surface area is 86.2 Å². The molecule has 0 aliphatic carbocycles. The lowest BCUT2D eigenvalue weighted by Crippen LogP contribution is -2.14. The van der Waals surface area contributed by atoms with E-state index in [9.17, 15) is 0 Å². The molecule has 78 valence electrons. The molecule has 1 unspecified atom stereocenters. The molecule has 0 bridgehead atoms. The van der Waals surface area contributed by atoms with Gasteiger partial charge in [-0.2, -0.15) is 9.67 Å². The molecule has 2 aromatic heterocycles. The van der Waals surface area contributed by atoms with E-state index in [-0.39, 0.29) is 12.0 Å². The molecule has 7 heteroatoms. The molecule has 4 N–H and O–H groups in total. The number of hydrogen-bond acceptors (Lipinski definition) is 6. The van der Waals surface area contributed by atoms with E-state index in [0.717, 1.165) is 0 Å². The largest absolute Gasteiger partial charge is 0.366 e. The van der Waals surface area contributed by atoms with Crippen LogP contribution in [0.4, 0.5) is 5.95 Å². The van der Waals surface area contributed by atoms with Gasteiger partial charge in [0, 0.05) is 12.4 Å². The van der Waals surface area contributed by atoms with Gasteiger partial charge >= 0.3 is 0 Å². The molecule has 0 spiro atoms. The van der Waals surface area contributed by atoms with Crippen LogP contribution in [0.25, 0.3) is 5.95 Å². The third-order valence-corrected chi connectivity index (χ3v) is 1.80. The van der Waals surface area contributed by atoms with E-state index in [4.69, 9.17) is 11.5 Å². The number of nitrogens with two attached hydrogens (primary N) is 2. The molecule has 2 rings (SSSR count). The van der Waals surface area contributed by atoms with E-state index in [1.54, 1.807) is 25.4 Å². The minimum absolute atomic E-state index is 0.162. The highest BCUT2D eigenvalue weighted by molar-refractivity contribution is 5.21. The summed E-state index contributed by atoms with van der Waals surface area (Å²) in [4.78, 5) is 12.1. The van der Waals surface area contributed by atoms with Gasteiger partial charge in [-0.05, 0) is 13.0 Å². The van der Waals surface area contributed by atoms with Crippen molar-refractivity contribution in [2.45, 2.75) is 13.0 Å². The molecule has 0 aliphatic rings. The predicted molar refractivity (Wildman–Crippen MR) is 54.0 cm³/mol. The van der Waals surface area contributed by atoms with E-state index in [1.807, 2.05) is 0 Å². The van der Waals surface area contributed by atoms with Crippen molar-refractivity contribution in [3.63, 3.8) is 0 Å². The van der Waals surface area contributed by atoms with Crippen LogP contribution >= 0.6 is 0 Å². The zero-order valence-electron chi connectivity index (χ0n) is 8.20. The Bertz CT molecular complexity index is 447. The Morgan fingerprint density at radius 3 is 2.60 bits per heavy atom. The Morgan fingerprint density at radius 2 is 2.00 bits per heavy atom. The second-order valence-electron chi connectivity index (χ2n) is 3.08. The molecule has 7 nitrogen and oxygen atoms in total. The normalized spacial score (nSPS) is 12.7. The highest BCUT2D eigenvalue weighted by atomic mass is 15.4. The van der Waals surface area contributed by atoms with Crippen molar-refractivity contribution in [1.82, 2.24) is 24.7 Å². The van der Waals surface area contributed by atoms with Crippen LogP contribution in [0.5, 0.6) is 0 Å². The number of nitrogens with zero attached hydrogens (tertiary/aromatic N) is 5. The first kappa shape index (κ1) is 9.53. The van der Waals surface area contributed by atoms with Gasteiger partial charge in [-0.15, -0.1) is 5.10 Å². The Hall–Kier alpha value is -2.02. The Kier molecular flexibility index (Phi) is 2.30. The molecule has 2 aromatic rings. The summed E-state index contributed by atoms with van der Waals surface area (Å²) in [5, 5.41) is 3.98. The first-order chi connectivity index (χ1) is 7.18. The van der Waals surface area contributed by atoms with Crippen LogP contribution in [0, 0.1) is 0 Å². The summed E-state index contributed by atoms with van der Waals surface area (Å²) in [6.45, 7) is 1.79. The van der Waals surface area contributed by atoms with Crippen LogP contribution in [0.3, 0.4) is 0 Å². The van der Waals surface area contributed by atoms with Crippen molar-refractivity contribution in [2.75, 3.05) is 5.73 Å². The maximum absolute atomic E-state index is 5.73. The minimum Gasteiger partial charge on any atom is -0.366 e. The van der Waals surface area contributed by atoms with Crippen molar-refractivity contribution in [3.8, 4) is 5.95 Å². The van der Waals surface area contributed by atoms with Gasteiger partial charge in [0.1, 0.15) is 0 Å². The van der Waals surface area contributed by atoms with E-state index in [0.29, 0.717) is 11.8 Å². The van der Waals surface area contributed by atoms with Gasteiger partial charge in [0.15, 0.2) is 5.82 Å². The Balaban J connectivity index is 2.53. The second kappa shape index (κ2) is 3.62. The monoisotopic (exact) mass is 205 g/mol. The van der Waals surface area contributed by atoms with E-state index < -0.39 is 0 Å². The van der Waals surface area contributed by atoms with E-state index in [1.165, 1.54) is 4.68 Å². The number of hydrogen-bond donors (Lipinski definition) is 2. The van der Waals surface area contributed by atoms with Gasteiger partial charge in [-0.25, -0.2) is 9.97 Å². The predicted octanol–water partition coefficient (Wildman–Crippen LogP) is -0.341. The van der Waals surface area contributed by atoms with Crippen LogP contribution in [-0.4, -0.2) is 24.7 Å². The van der Waals surface area contributed by atoms with Gasteiger partial charge in [0.25, 0.3) is 5.95 Å². The van der Waals surface area contributed by atoms with Crippen molar-refractivity contribution in [3.05, 3.63) is 24.3 Å². The van der Waals surface area contributed by atoms with Gasteiger partial charge in [-0.1, -0.05) is 0 Å². The van der Waals surface area contributed by atoms with E-state index in [2.05, 4.69) is 20.1 Å². The summed E-state index contributed by atoms with van der Waals surface area (Å²) in [7, 11) is 0. The van der Waals surface area contributed by atoms with Crippen LogP contribution < -0.4 is 11.5 Å². The van der Waals surface area contributed by atoms with Crippen molar-refractivity contribution < 1.29 is 0 Å². The fourth-order valence-electron chi connectivity index (χ4n) is 1.18. The lowest BCUT2D eigenvalue weighted by molar-refractivity contribution is 0.669. The quantitative estimate of drug-likeness (QED) is 0.694. The Morgan fingerprint density at radius 1 is 1.33 bits per heavy atom. The third-order valence-electron chi connectivity index (χ3n) is 1.80. The SMILES string of the molecule is CC(N)c1nc(N)nn1-c1ncccn1. The number of aromatic nitrogens is 5. The van der Waals surface area contributed by atoms with Crippen molar-refractivity contribution in [2.24, 2.45) is 5.73 Å². The summed E-state index contributed by atoms with van der Waals surface area (Å²) >= 11 is 0. The smallest absolute Gasteiger partial charge is 0.252 e. The molecule has 0 aromatic carbocycles. The molecule has 2 heterocycles. The lowest BCUT2D eigenvalue weighted by atomic mass is 10.3. The van der Waals surface area contributed by atoms with Gasteiger partial charge < -0.3 is 11.5 Å². The third kappa shape index (κ3) is 1.77. The zero-order chi connectivity index (χ0) is 10.8. The van der Waals surface area contributed by atoms with Gasteiger partial charge in [-0.3, -0.25) is 0 Å². The summed E-state index contributed by atoms with van der Waals surface area (Å²) in [6.07, 6.45) is 3.23. The summed E-state index contributed by atoms with van der Waals surface area (Å²) in [5.41, 5.74) is 11.2. The van der Waals surface area contributed by atoms with E-state index >= 15 is 0 Å². The molecular weight excluding hydrogens is 194 g/mol. The fourth-order valence-corrected chi connectivity index (χ4v) is 1.18. The first-order valence-corrected chi connectivity index (χ1v) is 4.44. The minimum atomic E-state index is -0.279. The molecule has 0 aliphatic heterocycles. The topological polar surface area (TPSA) is 109 Å². The summed E-state index contributed by atoms with van der Waals surface area (Å²) < 4.78 is 1.44. The van der Waals surface area contributed by atoms with Crippen LogP contribution in [0.15, 0.2) is 18.5 Å². The number of nitrogen functional groups attached to an aromatic ring is 1. The molecule has 0 saturated carbocycles. The number of rotatable bonds is 2. The zero-order valence-corrected chi connectivity index (χ0v) is 8.20. The van der Waals surface area contributed by atoms with Crippen molar-refractivity contribution >= 4 is 5.95 Å². The van der Waals surface area contributed by atoms with Gasteiger partial charge in [0.05, 0.1) is 6.04 Å². The fraction of sp³-hybridized carbons (Fsp3) is 0.250. The summed E-state index contributed by atoms with van der Waals surface area (Å²) in [5.74, 6) is 1.11. The molecule has 0 amide bonds. The standard InChI is InChI=1S/C8H11N7/c1-5(9)6-13-7(10)14-15(6)8-11-3-2-4-12-8/h2-5H,9H2,1H3,(H2,10,14). The van der Waals surface area contributed by atoms with Crippen LogP contribution in [0.1, 0.15) is 18.8 Å². The van der Waals surface area contributed by atoms with Crippen LogP contribution in [-0.2, 0) is 0 Å². The maximum Gasteiger partial charge on any atom is 0.252 e. The average molecular weight is 205 g/mol.